The van der Waals surface area contributed by atoms with Crippen LogP contribution in [-0.4, -0.2) is 200 Å². The van der Waals surface area contributed by atoms with Crippen LogP contribution in [-0.2, 0) is 45.9 Å². The molecule has 5 rings (SSSR count). The molecule has 0 amide bonds. The van der Waals surface area contributed by atoms with Gasteiger partial charge in [0.05, 0.1) is 44.2 Å². The highest BCUT2D eigenvalue weighted by Gasteiger charge is 2.52. The van der Waals surface area contributed by atoms with Crippen molar-refractivity contribution in [1.29, 1.82) is 0 Å². The van der Waals surface area contributed by atoms with E-state index in [1.54, 1.807) is 18.7 Å². The van der Waals surface area contributed by atoms with Gasteiger partial charge in [-0.2, -0.15) is 13.2 Å². The van der Waals surface area contributed by atoms with E-state index in [1.165, 1.54) is 12.1 Å². The summed E-state index contributed by atoms with van der Waals surface area (Å²) < 4.78 is 79.5. The summed E-state index contributed by atoms with van der Waals surface area (Å²) in [5.41, 5.74) is -0.279. The van der Waals surface area contributed by atoms with Crippen LogP contribution in [0.1, 0.15) is 25.0 Å². The first kappa shape index (κ1) is 44.4. The van der Waals surface area contributed by atoms with Crippen LogP contribution in [0.25, 0.3) is 0 Å². The standard InChI is InChI=1S/C34H52F3NO17/c1-14(2)29-27(47)30(55-33-26(46)25(45)22(42)18(11-40)53-33)24(44)20(51-29)13-49-32-28(48)31(23(43)19(12-41)52-32)54-21-9-38(8-17(10-39)50-21)7-15-3-5-16(6-4-15)34(35,36)37/h3-6,14,17-33,39-48H,7-13H2,1-2H3. The quantitative estimate of drug-likeness (QED) is 0.0923. The summed E-state index contributed by atoms with van der Waals surface area (Å²) in [5, 5.41) is 105. The van der Waals surface area contributed by atoms with E-state index in [4.69, 9.17) is 33.2 Å². The fraction of sp³-hybridized carbons (Fsp3) is 0.824. The van der Waals surface area contributed by atoms with Crippen LogP contribution >= 0.6 is 0 Å². The van der Waals surface area contributed by atoms with Gasteiger partial charge in [-0.15, -0.1) is 0 Å². The molecule has 10 N–H and O–H groups in total. The zero-order valence-electron chi connectivity index (χ0n) is 30.1. The SMILES string of the molecule is CC(C)C1OC(COC2OC(CO)C(O)C(OC3CN(Cc4ccc(C(F)(F)F)cc4)CC(CO)O3)C2O)C(O)C(OC2OC(CO)C(O)C(O)C2O)C1O. The van der Waals surface area contributed by atoms with Crippen molar-refractivity contribution in [3.05, 3.63) is 35.4 Å². The Balaban J connectivity index is 1.25. The van der Waals surface area contributed by atoms with Crippen LogP contribution in [0.15, 0.2) is 24.3 Å². The van der Waals surface area contributed by atoms with Crippen molar-refractivity contribution in [3.8, 4) is 0 Å². The Hall–Kier alpha value is -1.71. The van der Waals surface area contributed by atoms with Gasteiger partial charge in [0.1, 0.15) is 73.2 Å². The number of rotatable bonds is 13. The molecule has 55 heavy (non-hydrogen) atoms. The average molecular weight is 804 g/mol. The van der Waals surface area contributed by atoms with Crippen LogP contribution in [0.4, 0.5) is 13.2 Å². The van der Waals surface area contributed by atoms with Crippen molar-refractivity contribution in [3.63, 3.8) is 0 Å². The van der Waals surface area contributed by atoms with E-state index in [0.29, 0.717) is 5.56 Å². The van der Waals surface area contributed by atoms with Crippen molar-refractivity contribution < 1.29 is 97.4 Å². The maximum Gasteiger partial charge on any atom is 0.416 e. The molecule has 1 aromatic carbocycles. The number of morpholine rings is 1. The van der Waals surface area contributed by atoms with E-state index in [0.717, 1.165) is 12.1 Å². The van der Waals surface area contributed by atoms with Crippen LogP contribution in [0.2, 0.25) is 0 Å². The van der Waals surface area contributed by atoms with Crippen molar-refractivity contribution in [2.45, 2.75) is 131 Å². The fourth-order valence-electron chi connectivity index (χ4n) is 7.10. The molecule has 0 aliphatic carbocycles. The van der Waals surface area contributed by atoms with Gasteiger partial charge in [0, 0.05) is 19.6 Å². The zero-order chi connectivity index (χ0) is 40.4. The third-order valence-electron chi connectivity index (χ3n) is 10.2. The van der Waals surface area contributed by atoms with Gasteiger partial charge in [-0.1, -0.05) is 26.0 Å². The highest BCUT2D eigenvalue weighted by Crippen LogP contribution is 2.34. The van der Waals surface area contributed by atoms with Gasteiger partial charge < -0.3 is 84.2 Å². The van der Waals surface area contributed by atoms with Crippen molar-refractivity contribution >= 4 is 0 Å². The van der Waals surface area contributed by atoms with Gasteiger partial charge in [0.2, 0.25) is 0 Å². The number of alkyl halides is 3. The molecule has 316 valence electrons. The Bertz CT molecular complexity index is 1330. The molecule has 17 unspecified atom stereocenters. The second-order valence-electron chi connectivity index (χ2n) is 14.6. The Morgan fingerprint density at radius 2 is 1.27 bits per heavy atom. The summed E-state index contributed by atoms with van der Waals surface area (Å²) in [6, 6.07) is 4.55. The Kier molecular flexibility index (Phi) is 15.3. The summed E-state index contributed by atoms with van der Waals surface area (Å²) in [5.74, 6) is -0.383. The zero-order valence-corrected chi connectivity index (χ0v) is 30.1. The molecular formula is C34H52F3NO17. The molecule has 0 spiro atoms. The highest BCUT2D eigenvalue weighted by atomic mass is 19.4. The molecule has 4 heterocycles. The lowest BCUT2D eigenvalue weighted by atomic mass is 9.89. The molecule has 17 atom stereocenters. The fourth-order valence-corrected chi connectivity index (χ4v) is 7.10. The van der Waals surface area contributed by atoms with Crippen molar-refractivity contribution in [1.82, 2.24) is 4.90 Å². The maximum atomic E-state index is 13.1. The van der Waals surface area contributed by atoms with Gasteiger partial charge in [-0.3, -0.25) is 4.90 Å². The van der Waals surface area contributed by atoms with Crippen molar-refractivity contribution in [2.75, 3.05) is 39.5 Å². The predicted molar refractivity (Wildman–Crippen MR) is 175 cm³/mol. The lowest BCUT2D eigenvalue weighted by Crippen LogP contribution is -2.65. The van der Waals surface area contributed by atoms with Gasteiger partial charge in [-0.25, -0.2) is 0 Å². The summed E-state index contributed by atoms with van der Waals surface area (Å²) in [6.07, 6.45) is -29.8. The predicted octanol–water partition coefficient (Wildman–Crippen LogP) is -3.60. The first-order valence-electron chi connectivity index (χ1n) is 18.0. The van der Waals surface area contributed by atoms with Gasteiger partial charge in [0.15, 0.2) is 18.9 Å². The largest absolute Gasteiger partial charge is 0.416 e. The maximum absolute atomic E-state index is 13.1. The molecule has 0 saturated carbocycles. The number of ether oxygens (including phenoxy) is 7. The molecule has 1 aromatic rings. The molecule has 0 aromatic heterocycles. The van der Waals surface area contributed by atoms with Crippen LogP contribution in [0.5, 0.6) is 0 Å². The number of aliphatic hydroxyl groups excluding tert-OH is 10. The lowest BCUT2D eigenvalue weighted by Gasteiger charge is -2.48. The first-order valence-corrected chi connectivity index (χ1v) is 18.0. The van der Waals surface area contributed by atoms with Crippen LogP contribution in [0, 0.1) is 5.92 Å². The smallest absolute Gasteiger partial charge is 0.394 e. The van der Waals surface area contributed by atoms with E-state index >= 15 is 0 Å². The number of nitrogens with zero attached hydrogens (tertiary/aromatic N) is 1. The Morgan fingerprint density at radius 1 is 0.673 bits per heavy atom. The summed E-state index contributed by atoms with van der Waals surface area (Å²) in [6.45, 7) is 1.25. The number of halogens is 3. The molecular weight excluding hydrogens is 751 g/mol. The highest BCUT2D eigenvalue weighted by molar-refractivity contribution is 5.24. The first-order chi connectivity index (χ1) is 26.0. The second-order valence-corrected chi connectivity index (χ2v) is 14.6. The normalized spacial score (nSPS) is 42.1. The molecule has 0 radical (unpaired) electrons. The minimum absolute atomic E-state index is 0.000488. The monoisotopic (exact) mass is 803 g/mol. The molecule has 0 bridgehead atoms. The Labute approximate surface area is 314 Å². The number of benzene rings is 1. The van der Waals surface area contributed by atoms with E-state index in [-0.39, 0.29) is 25.6 Å². The van der Waals surface area contributed by atoms with E-state index in [9.17, 15) is 64.2 Å². The topological polar surface area (TPSA) is 270 Å². The van der Waals surface area contributed by atoms with E-state index < -0.39 is 142 Å². The van der Waals surface area contributed by atoms with Gasteiger partial charge >= 0.3 is 6.18 Å². The number of hydrogen-bond acceptors (Lipinski definition) is 18. The summed E-state index contributed by atoms with van der Waals surface area (Å²) in [4.78, 5) is 1.75. The average Bonchev–Trinajstić information content (AvgIpc) is 3.14. The van der Waals surface area contributed by atoms with Crippen LogP contribution in [0.3, 0.4) is 0 Å². The van der Waals surface area contributed by atoms with Gasteiger partial charge in [-0.05, 0) is 23.6 Å². The number of aliphatic hydroxyl groups is 10. The molecule has 4 saturated heterocycles. The van der Waals surface area contributed by atoms with E-state index in [2.05, 4.69) is 0 Å². The second kappa shape index (κ2) is 18.9. The third kappa shape index (κ3) is 10.3. The number of hydrogen-bond donors (Lipinski definition) is 10. The minimum atomic E-state index is -4.51. The summed E-state index contributed by atoms with van der Waals surface area (Å²) >= 11 is 0. The molecule has 4 fully saturated rings. The summed E-state index contributed by atoms with van der Waals surface area (Å²) in [7, 11) is 0. The molecule has 21 heteroatoms. The molecule has 18 nitrogen and oxygen atoms in total. The van der Waals surface area contributed by atoms with Crippen LogP contribution < -0.4 is 0 Å². The minimum Gasteiger partial charge on any atom is -0.394 e. The third-order valence-corrected chi connectivity index (χ3v) is 10.2. The van der Waals surface area contributed by atoms with E-state index in [1.807, 2.05) is 0 Å². The lowest BCUT2D eigenvalue weighted by molar-refractivity contribution is -0.354. The molecule has 4 aliphatic heterocycles. The van der Waals surface area contributed by atoms with Crippen molar-refractivity contribution in [2.24, 2.45) is 5.92 Å². The Morgan fingerprint density at radius 3 is 1.87 bits per heavy atom. The molecule has 4 aliphatic rings. The van der Waals surface area contributed by atoms with Gasteiger partial charge in [0.25, 0.3) is 0 Å².